The third-order valence-corrected chi connectivity index (χ3v) is 3.55. The number of thiocarbonyl (C=S) groups is 1. The third kappa shape index (κ3) is 4.90. The van der Waals surface area contributed by atoms with Crippen LogP contribution in [0.2, 0.25) is 0 Å². The molecule has 3 aromatic rings. The van der Waals surface area contributed by atoms with Crippen LogP contribution in [0.15, 0.2) is 83.0 Å². The van der Waals surface area contributed by atoms with Gasteiger partial charge in [-0.25, -0.2) is 8.78 Å². The fourth-order valence-electron chi connectivity index (χ4n) is 2.10. The Morgan fingerprint density at radius 1 is 0.769 bits per heavy atom. The van der Waals surface area contributed by atoms with E-state index in [1.54, 1.807) is 24.3 Å². The highest BCUT2D eigenvalue weighted by molar-refractivity contribution is 7.80. The van der Waals surface area contributed by atoms with Crippen LogP contribution < -0.4 is 10.6 Å². The van der Waals surface area contributed by atoms with Crippen molar-refractivity contribution in [3.63, 3.8) is 0 Å². The minimum Gasteiger partial charge on any atom is -0.332 e. The quantitative estimate of drug-likeness (QED) is 0.426. The van der Waals surface area contributed by atoms with Gasteiger partial charge < -0.3 is 10.6 Å². The fraction of sp³-hybridized carbons (Fsp3) is 0. The molecule has 7 heteroatoms. The molecule has 0 unspecified atom stereocenters. The lowest BCUT2D eigenvalue weighted by molar-refractivity contribution is 0.586. The molecule has 0 bridgehead atoms. The lowest BCUT2D eigenvalue weighted by Crippen LogP contribution is -2.19. The van der Waals surface area contributed by atoms with Crippen molar-refractivity contribution in [2.24, 2.45) is 10.2 Å². The molecule has 0 saturated carbocycles. The largest absolute Gasteiger partial charge is 0.332 e. The van der Waals surface area contributed by atoms with Gasteiger partial charge in [-0.3, -0.25) is 0 Å². The number of nitrogens with one attached hydrogen (secondary N) is 2. The van der Waals surface area contributed by atoms with Crippen LogP contribution >= 0.6 is 12.2 Å². The van der Waals surface area contributed by atoms with E-state index in [9.17, 15) is 8.78 Å². The molecule has 0 spiro atoms. The highest BCUT2D eigenvalue weighted by atomic mass is 32.1. The summed E-state index contributed by atoms with van der Waals surface area (Å²) in [5, 5.41) is 14.1. The Hall–Kier alpha value is -3.19. The SMILES string of the molecule is Fc1ccc(NC(=S)Nc2ccc(N=Nc3ccccc3)cc2)c(F)c1. The Bertz CT molecular complexity index is 928. The van der Waals surface area contributed by atoms with E-state index in [2.05, 4.69) is 20.9 Å². The van der Waals surface area contributed by atoms with Crippen molar-refractivity contribution in [3.8, 4) is 0 Å². The van der Waals surface area contributed by atoms with Crippen molar-refractivity contribution in [1.29, 1.82) is 0 Å². The Balaban J connectivity index is 1.60. The molecule has 130 valence electrons. The molecule has 0 aliphatic heterocycles. The number of azo groups is 1. The number of anilines is 2. The molecular formula is C19H14F2N4S. The smallest absolute Gasteiger partial charge is 0.175 e. The summed E-state index contributed by atoms with van der Waals surface area (Å²) in [6.45, 7) is 0. The van der Waals surface area contributed by atoms with E-state index in [1.165, 1.54) is 6.07 Å². The van der Waals surface area contributed by atoms with E-state index in [4.69, 9.17) is 12.2 Å². The van der Waals surface area contributed by atoms with E-state index in [0.717, 1.165) is 17.8 Å². The number of hydrogen-bond acceptors (Lipinski definition) is 3. The van der Waals surface area contributed by atoms with Crippen molar-refractivity contribution in [3.05, 3.63) is 84.4 Å². The Labute approximate surface area is 154 Å². The van der Waals surface area contributed by atoms with Gasteiger partial charge in [-0.1, -0.05) is 18.2 Å². The molecule has 0 heterocycles. The van der Waals surface area contributed by atoms with Gasteiger partial charge in [0.05, 0.1) is 17.1 Å². The van der Waals surface area contributed by atoms with Gasteiger partial charge in [-0.2, -0.15) is 10.2 Å². The van der Waals surface area contributed by atoms with Crippen LogP contribution in [-0.2, 0) is 0 Å². The molecule has 3 rings (SSSR count). The van der Waals surface area contributed by atoms with Crippen LogP contribution in [0.5, 0.6) is 0 Å². The van der Waals surface area contributed by atoms with Crippen LogP contribution in [0.1, 0.15) is 0 Å². The highest BCUT2D eigenvalue weighted by Crippen LogP contribution is 2.20. The first-order chi connectivity index (χ1) is 12.6. The van der Waals surface area contributed by atoms with Gasteiger partial charge in [-0.05, 0) is 60.7 Å². The minimum atomic E-state index is -0.717. The molecule has 0 saturated heterocycles. The molecular weight excluding hydrogens is 354 g/mol. The summed E-state index contributed by atoms with van der Waals surface area (Å²) >= 11 is 5.13. The molecule has 3 aromatic carbocycles. The molecule has 26 heavy (non-hydrogen) atoms. The number of benzene rings is 3. The van der Waals surface area contributed by atoms with Gasteiger partial charge in [0.2, 0.25) is 0 Å². The zero-order valence-corrected chi connectivity index (χ0v) is 14.3. The minimum absolute atomic E-state index is 0.0946. The van der Waals surface area contributed by atoms with Gasteiger partial charge >= 0.3 is 0 Å². The monoisotopic (exact) mass is 368 g/mol. The lowest BCUT2D eigenvalue weighted by Gasteiger charge is -2.11. The fourth-order valence-corrected chi connectivity index (χ4v) is 2.32. The van der Waals surface area contributed by atoms with Crippen LogP contribution in [0.25, 0.3) is 0 Å². The van der Waals surface area contributed by atoms with Crippen molar-refractivity contribution < 1.29 is 8.78 Å². The van der Waals surface area contributed by atoms with E-state index in [-0.39, 0.29) is 10.8 Å². The number of nitrogens with zero attached hydrogens (tertiary/aromatic N) is 2. The van der Waals surface area contributed by atoms with E-state index >= 15 is 0 Å². The van der Waals surface area contributed by atoms with Gasteiger partial charge in [0, 0.05) is 11.8 Å². The normalized spacial score (nSPS) is 10.7. The van der Waals surface area contributed by atoms with Crippen molar-refractivity contribution in [2.45, 2.75) is 0 Å². The first-order valence-corrected chi connectivity index (χ1v) is 8.11. The van der Waals surface area contributed by atoms with Crippen molar-refractivity contribution >= 4 is 40.1 Å². The second-order valence-electron chi connectivity index (χ2n) is 5.29. The van der Waals surface area contributed by atoms with E-state index in [0.29, 0.717) is 11.4 Å². The van der Waals surface area contributed by atoms with Gasteiger partial charge in [0.25, 0.3) is 0 Å². The molecule has 2 N–H and O–H groups in total. The predicted octanol–water partition coefficient (Wildman–Crippen LogP) is 6.19. The first kappa shape index (κ1) is 17.6. The number of rotatable bonds is 4. The lowest BCUT2D eigenvalue weighted by atomic mass is 10.3. The van der Waals surface area contributed by atoms with Gasteiger partial charge in [0.15, 0.2) is 5.11 Å². The molecule has 0 fully saturated rings. The van der Waals surface area contributed by atoms with Crippen LogP contribution in [0, 0.1) is 11.6 Å². The highest BCUT2D eigenvalue weighted by Gasteiger charge is 2.05. The molecule has 4 nitrogen and oxygen atoms in total. The van der Waals surface area contributed by atoms with E-state index in [1.807, 2.05) is 30.3 Å². The summed E-state index contributed by atoms with van der Waals surface area (Å²) in [6.07, 6.45) is 0. The van der Waals surface area contributed by atoms with Gasteiger partial charge in [-0.15, -0.1) is 0 Å². The zero-order chi connectivity index (χ0) is 18.4. The summed E-state index contributed by atoms with van der Waals surface area (Å²) in [7, 11) is 0. The summed E-state index contributed by atoms with van der Waals surface area (Å²) < 4.78 is 26.5. The zero-order valence-electron chi connectivity index (χ0n) is 13.5. The van der Waals surface area contributed by atoms with Gasteiger partial charge in [0.1, 0.15) is 11.6 Å². The molecule has 0 aliphatic carbocycles. The van der Waals surface area contributed by atoms with Crippen LogP contribution in [-0.4, -0.2) is 5.11 Å². The molecule has 0 aliphatic rings. The average molecular weight is 368 g/mol. The average Bonchev–Trinajstić information content (AvgIpc) is 2.64. The number of halogens is 2. The standard InChI is InChI=1S/C19H14F2N4S/c20-13-6-11-18(17(21)12-13)23-19(26)22-14-7-9-16(10-8-14)25-24-15-4-2-1-3-5-15/h1-12H,(H2,22,23,26). The summed E-state index contributed by atoms with van der Waals surface area (Å²) in [5.74, 6) is -1.36. The number of hydrogen-bond donors (Lipinski definition) is 2. The molecule has 0 aromatic heterocycles. The topological polar surface area (TPSA) is 48.8 Å². The molecule has 0 atom stereocenters. The molecule has 0 radical (unpaired) electrons. The maximum absolute atomic E-state index is 13.6. The predicted molar refractivity (Wildman–Crippen MR) is 103 cm³/mol. The maximum Gasteiger partial charge on any atom is 0.175 e. The van der Waals surface area contributed by atoms with Crippen LogP contribution in [0.3, 0.4) is 0 Å². The first-order valence-electron chi connectivity index (χ1n) is 7.70. The third-order valence-electron chi connectivity index (χ3n) is 3.34. The van der Waals surface area contributed by atoms with Crippen LogP contribution in [0.4, 0.5) is 31.5 Å². The van der Waals surface area contributed by atoms with Crippen molar-refractivity contribution in [1.82, 2.24) is 0 Å². The summed E-state index contributed by atoms with van der Waals surface area (Å²) in [5.41, 5.74) is 2.24. The second-order valence-corrected chi connectivity index (χ2v) is 5.69. The summed E-state index contributed by atoms with van der Waals surface area (Å²) in [4.78, 5) is 0. The maximum atomic E-state index is 13.6. The van der Waals surface area contributed by atoms with Crippen molar-refractivity contribution in [2.75, 3.05) is 10.6 Å². The Morgan fingerprint density at radius 3 is 2.08 bits per heavy atom. The molecule has 0 amide bonds. The Kier molecular flexibility index (Phi) is 5.60. The van der Waals surface area contributed by atoms with E-state index < -0.39 is 11.6 Å². The Morgan fingerprint density at radius 2 is 1.42 bits per heavy atom. The second kappa shape index (κ2) is 8.26. The summed E-state index contributed by atoms with van der Waals surface area (Å²) in [6, 6.07) is 19.7.